The van der Waals surface area contributed by atoms with Gasteiger partial charge in [0.05, 0.1) is 13.0 Å². The lowest BCUT2D eigenvalue weighted by Crippen LogP contribution is -2.22. The SMILES string of the molecule is COc1ccc(-c2noc(C(C)C(C)N)n2)cn1.Cl. The van der Waals surface area contributed by atoms with Gasteiger partial charge in [-0.05, 0) is 13.0 Å². The zero-order valence-corrected chi connectivity index (χ0v) is 11.8. The fourth-order valence-corrected chi connectivity index (χ4v) is 1.40. The average Bonchev–Trinajstić information content (AvgIpc) is 2.87. The lowest BCUT2D eigenvalue weighted by molar-refractivity contribution is 0.346. The Hall–Kier alpha value is -1.66. The molecule has 0 aromatic carbocycles. The second kappa shape index (κ2) is 6.49. The van der Waals surface area contributed by atoms with E-state index in [0.717, 1.165) is 5.56 Å². The summed E-state index contributed by atoms with van der Waals surface area (Å²) in [5.74, 6) is 1.62. The van der Waals surface area contributed by atoms with Gasteiger partial charge < -0.3 is 15.0 Å². The number of rotatable bonds is 4. The molecule has 0 fully saturated rings. The summed E-state index contributed by atoms with van der Waals surface area (Å²) < 4.78 is 10.2. The van der Waals surface area contributed by atoms with Crippen LogP contribution in [0.5, 0.6) is 5.88 Å². The van der Waals surface area contributed by atoms with Crippen molar-refractivity contribution in [2.75, 3.05) is 7.11 Å². The first-order valence-electron chi connectivity index (χ1n) is 5.71. The Balaban J connectivity index is 0.00000180. The van der Waals surface area contributed by atoms with Crippen molar-refractivity contribution in [1.29, 1.82) is 0 Å². The Kier molecular flexibility index (Phi) is 5.26. The van der Waals surface area contributed by atoms with Crippen LogP contribution in [-0.4, -0.2) is 28.3 Å². The van der Waals surface area contributed by atoms with Crippen molar-refractivity contribution >= 4 is 12.4 Å². The van der Waals surface area contributed by atoms with Gasteiger partial charge in [-0.3, -0.25) is 0 Å². The smallest absolute Gasteiger partial charge is 0.231 e. The van der Waals surface area contributed by atoms with Gasteiger partial charge in [0.15, 0.2) is 0 Å². The Labute approximate surface area is 117 Å². The minimum Gasteiger partial charge on any atom is -0.481 e. The number of methoxy groups -OCH3 is 1. The van der Waals surface area contributed by atoms with Crippen LogP contribution in [0.2, 0.25) is 0 Å². The Bertz CT molecular complexity index is 513. The summed E-state index contributed by atoms with van der Waals surface area (Å²) in [5, 5.41) is 3.92. The molecule has 0 aliphatic carbocycles. The number of aromatic nitrogens is 3. The van der Waals surface area contributed by atoms with E-state index in [0.29, 0.717) is 17.6 Å². The van der Waals surface area contributed by atoms with Crippen LogP contribution in [0.25, 0.3) is 11.4 Å². The molecule has 2 unspecified atom stereocenters. The van der Waals surface area contributed by atoms with Crippen LogP contribution in [0, 0.1) is 0 Å². The maximum atomic E-state index is 5.80. The molecule has 2 atom stereocenters. The molecule has 0 bridgehead atoms. The third kappa shape index (κ3) is 3.42. The molecule has 104 valence electrons. The highest BCUT2D eigenvalue weighted by Gasteiger charge is 2.18. The molecule has 2 heterocycles. The molecular formula is C12H17ClN4O2. The maximum absolute atomic E-state index is 5.80. The summed E-state index contributed by atoms with van der Waals surface area (Å²) in [7, 11) is 1.57. The predicted molar refractivity (Wildman–Crippen MR) is 73.4 cm³/mol. The monoisotopic (exact) mass is 284 g/mol. The van der Waals surface area contributed by atoms with E-state index in [2.05, 4.69) is 15.1 Å². The fourth-order valence-electron chi connectivity index (χ4n) is 1.40. The molecule has 0 radical (unpaired) electrons. The standard InChI is InChI=1S/C12H16N4O2.ClH/c1-7(8(2)13)12-15-11(16-18-12)9-4-5-10(17-3)14-6-9;/h4-8H,13H2,1-3H3;1H. The maximum Gasteiger partial charge on any atom is 0.231 e. The normalized spacial score (nSPS) is 13.5. The number of nitrogens with two attached hydrogens (primary N) is 1. The van der Waals surface area contributed by atoms with Crippen molar-refractivity contribution in [2.24, 2.45) is 5.73 Å². The molecule has 0 amide bonds. The van der Waals surface area contributed by atoms with Crippen LogP contribution < -0.4 is 10.5 Å². The minimum atomic E-state index is -0.0349. The van der Waals surface area contributed by atoms with Gasteiger partial charge in [0.25, 0.3) is 0 Å². The summed E-state index contributed by atoms with van der Waals surface area (Å²) in [6.45, 7) is 3.86. The second-order valence-electron chi connectivity index (χ2n) is 4.19. The quantitative estimate of drug-likeness (QED) is 0.924. The first-order valence-corrected chi connectivity index (χ1v) is 5.71. The van der Waals surface area contributed by atoms with Crippen LogP contribution in [0.3, 0.4) is 0 Å². The van der Waals surface area contributed by atoms with E-state index in [1.165, 1.54) is 0 Å². The molecule has 0 aliphatic rings. The highest BCUT2D eigenvalue weighted by atomic mass is 35.5. The zero-order chi connectivity index (χ0) is 13.1. The first kappa shape index (κ1) is 15.4. The van der Waals surface area contributed by atoms with Crippen molar-refractivity contribution in [3.8, 4) is 17.3 Å². The van der Waals surface area contributed by atoms with E-state index in [1.807, 2.05) is 19.9 Å². The van der Waals surface area contributed by atoms with Crippen molar-refractivity contribution in [2.45, 2.75) is 25.8 Å². The molecule has 0 saturated carbocycles. The van der Waals surface area contributed by atoms with Crippen LogP contribution in [0.15, 0.2) is 22.9 Å². The molecule has 0 saturated heterocycles. The summed E-state index contributed by atoms with van der Waals surface area (Å²) in [5.41, 5.74) is 6.58. The molecule has 0 spiro atoms. The number of nitrogens with zero attached hydrogens (tertiary/aromatic N) is 3. The average molecular weight is 285 g/mol. The summed E-state index contributed by atoms with van der Waals surface area (Å²) in [6, 6.07) is 3.55. The lowest BCUT2D eigenvalue weighted by Gasteiger charge is -2.09. The van der Waals surface area contributed by atoms with E-state index in [1.54, 1.807) is 19.4 Å². The Morgan fingerprint density at radius 3 is 2.58 bits per heavy atom. The Morgan fingerprint density at radius 1 is 1.32 bits per heavy atom. The third-order valence-corrected chi connectivity index (χ3v) is 2.82. The van der Waals surface area contributed by atoms with Gasteiger partial charge in [0.2, 0.25) is 17.6 Å². The molecule has 2 aromatic rings. The lowest BCUT2D eigenvalue weighted by atomic mass is 10.1. The predicted octanol–water partition coefficient (Wildman–Crippen LogP) is 2.01. The van der Waals surface area contributed by atoms with Crippen molar-refractivity contribution < 1.29 is 9.26 Å². The van der Waals surface area contributed by atoms with Crippen molar-refractivity contribution in [3.05, 3.63) is 24.2 Å². The first-order chi connectivity index (χ1) is 8.61. The molecule has 19 heavy (non-hydrogen) atoms. The molecule has 2 N–H and O–H groups in total. The van der Waals surface area contributed by atoms with Gasteiger partial charge in [-0.25, -0.2) is 4.98 Å². The van der Waals surface area contributed by atoms with Gasteiger partial charge >= 0.3 is 0 Å². The zero-order valence-electron chi connectivity index (χ0n) is 11.0. The molecule has 2 rings (SSSR count). The largest absolute Gasteiger partial charge is 0.481 e. The topological polar surface area (TPSA) is 87.1 Å². The summed E-state index contributed by atoms with van der Waals surface area (Å²) >= 11 is 0. The Morgan fingerprint density at radius 2 is 2.05 bits per heavy atom. The van der Waals surface area contributed by atoms with Gasteiger partial charge in [-0.15, -0.1) is 12.4 Å². The number of halogens is 1. The minimum absolute atomic E-state index is 0. The molecular weight excluding hydrogens is 268 g/mol. The van der Waals surface area contributed by atoms with Gasteiger partial charge in [-0.1, -0.05) is 12.1 Å². The van der Waals surface area contributed by atoms with Crippen LogP contribution in [-0.2, 0) is 0 Å². The number of pyridine rings is 1. The molecule has 6 nitrogen and oxygen atoms in total. The molecule has 0 aliphatic heterocycles. The van der Waals surface area contributed by atoms with Gasteiger partial charge in [0, 0.05) is 23.9 Å². The number of ether oxygens (including phenoxy) is 1. The summed E-state index contributed by atoms with van der Waals surface area (Å²) in [6.07, 6.45) is 1.64. The van der Waals surface area contributed by atoms with Crippen LogP contribution in [0.1, 0.15) is 25.7 Å². The van der Waals surface area contributed by atoms with Crippen molar-refractivity contribution in [3.63, 3.8) is 0 Å². The van der Waals surface area contributed by atoms with Crippen LogP contribution in [0.4, 0.5) is 0 Å². The van der Waals surface area contributed by atoms with Gasteiger partial charge in [-0.2, -0.15) is 4.98 Å². The number of hydrogen-bond acceptors (Lipinski definition) is 6. The highest BCUT2D eigenvalue weighted by Crippen LogP contribution is 2.21. The molecule has 7 heteroatoms. The van der Waals surface area contributed by atoms with Crippen molar-refractivity contribution in [1.82, 2.24) is 15.1 Å². The highest BCUT2D eigenvalue weighted by molar-refractivity contribution is 5.85. The van der Waals surface area contributed by atoms with Crippen LogP contribution >= 0.6 is 12.4 Å². The van der Waals surface area contributed by atoms with E-state index in [-0.39, 0.29) is 24.4 Å². The van der Waals surface area contributed by atoms with E-state index in [9.17, 15) is 0 Å². The fraction of sp³-hybridized carbons (Fsp3) is 0.417. The van der Waals surface area contributed by atoms with E-state index >= 15 is 0 Å². The third-order valence-electron chi connectivity index (χ3n) is 2.82. The van der Waals surface area contributed by atoms with Gasteiger partial charge in [0.1, 0.15) is 0 Å². The molecule has 2 aromatic heterocycles. The van der Waals surface area contributed by atoms with E-state index in [4.69, 9.17) is 15.0 Å². The summed E-state index contributed by atoms with van der Waals surface area (Å²) in [4.78, 5) is 8.41. The number of hydrogen-bond donors (Lipinski definition) is 1. The van der Waals surface area contributed by atoms with E-state index < -0.39 is 0 Å². The second-order valence-corrected chi connectivity index (χ2v) is 4.19.